The number of rotatable bonds is 6. The Balaban J connectivity index is 1.75. The summed E-state index contributed by atoms with van der Waals surface area (Å²) in [5, 5.41) is 0.679. The van der Waals surface area contributed by atoms with Gasteiger partial charge in [0.25, 0.3) is 10.0 Å². The number of sulfonamides is 1. The molecule has 0 bridgehead atoms. The summed E-state index contributed by atoms with van der Waals surface area (Å²) < 4.78 is 33.1. The number of fused-ring (bicyclic) bond motifs is 1. The quantitative estimate of drug-likeness (QED) is 0.223. The zero-order valence-electron chi connectivity index (χ0n) is 18.8. The summed E-state index contributed by atoms with van der Waals surface area (Å²) in [6.07, 6.45) is 1.94. The molecule has 2 heterocycles. The van der Waals surface area contributed by atoms with Crippen molar-refractivity contribution in [2.75, 3.05) is 0 Å². The Morgan fingerprint density at radius 2 is 1.46 bits per heavy atom. The van der Waals surface area contributed by atoms with Gasteiger partial charge < -0.3 is 4.40 Å². The number of hydrogen-bond donors (Lipinski definition) is 0. The van der Waals surface area contributed by atoms with Gasteiger partial charge in [-0.3, -0.25) is 0 Å². The molecule has 0 aliphatic rings. The highest BCUT2D eigenvalue weighted by atomic mass is 35.5. The molecule has 0 aliphatic heterocycles. The largest absolute Gasteiger partial charge is 0.314 e. The lowest BCUT2D eigenvalue weighted by Gasteiger charge is -2.10. The van der Waals surface area contributed by atoms with Crippen LogP contribution in [-0.2, 0) is 10.0 Å². The minimum absolute atomic E-state index is 0.155. The van der Waals surface area contributed by atoms with Crippen LogP contribution in [0.1, 0.15) is 16.8 Å². The van der Waals surface area contributed by atoms with Crippen LogP contribution in [0.4, 0.5) is 0 Å². The Kier molecular flexibility index (Phi) is 6.52. The molecule has 0 unspecified atom stereocenters. The molecule has 5 rings (SSSR count). The van der Waals surface area contributed by atoms with Crippen LogP contribution in [0, 0.1) is 6.92 Å². The number of nitrogens with zero attached hydrogens (tertiary/aromatic N) is 2. The van der Waals surface area contributed by atoms with E-state index in [1.54, 1.807) is 42.1 Å². The Labute approximate surface area is 214 Å². The van der Waals surface area contributed by atoms with Crippen LogP contribution in [0.15, 0.2) is 128 Å². The Hall–Kier alpha value is -3.32. The minimum Gasteiger partial charge on any atom is -0.314 e. The van der Waals surface area contributed by atoms with E-state index in [4.69, 9.17) is 11.6 Å². The molecule has 0 N–H and O–H groups in total. The van der Waals surface area contributed by atoms with Crippen molar-refractivity contribution in [2.45, 2.75) is 21.6 Å². The summed E-state index contributed by atoms with van der Waals surface area (Å²) in [4.78, 5) is 2.22. The lowest BCUT2D eigenvalue weighted by Crippen LogP contribution is -2.12. The molecule has 3 aromatic carbocycles. The monoisotopic (exact) mass is 516 g/mol. The molecule has 4 nitrogen and oxygen atoms in total. The fraction of sp³-hybridized carbons (Fsp3) is 0.0357. The third kappa shape index (κ3) is 4.78. The van der Waals surface area contributed by atoms with Crippen molar-refractivity contribution in [1.29, 1.82) is 0 Å². The summed E-state index contributed by atoms with van der Waals surface area (Å²) >= 11 is 7.70. The predicted octanol–water partition coefficient (Wildman–Crippen LogP) is 7.28. The maximum absolute atomic E-state index is 13.4. The van der Waals surface area contributed by atoms with Gasteiger partial charge in [0, 0.05) is 26.6 Å². The lowest BCUT2D eigenvalue weighted by atomic mass is 10.1. The van der Waals surface area contributed by atoms with Crippen LogP contribution in [0.5, 0.6) is 0 Å². The molecule has 0 amide bonds. The maximum atomic E-state index is 13.4. The van der Waals surface area contributed by atoms with Crippen LogP contribution in [-0.4, -0.2) is 18.5 Å². The average molecular weight is 517 g/mol. The van der Waals surface area contributed by atoms with Gasteiger partial charge in [-0.25, -0.2) is 0 Å². The van der Waals surface area contributed by atoms with Crippen molar-refractivity contribution in [3.8, 4) is 0 Å². The van der Waals surface area contributed by atoms with Crippen molar-refractivity contribution in [3.05, 3.63) is 131 Å². The SMILES string of the molecule is Cc1c(Sc2ccc(Cl)cc2)c2ccccn2c1/C(=N/S(=O)(=O)c1ccccc1)c1ccccc1. The molecular weight excluding hydrogens is 496 g/mol. The molecule has 0 spiro atoms. The molecule has 5 aromatic rings. The number of pyridine rings is 1. The first-order valence-corrected chi connectivity index (χ1v) is 13.6. The first-order chi connectivity index (χ1) is 16.9. The molecule has 0 radical (unpaired) electrons. The van der Waals surface area contributed by atoms with Gasteiger partial charge in [-0.15, -0.1) is 0 Å². The van der Waals surface area contributed by atoms with Crippen molar-refractivity contribution in [2.24, 2.45) is 4.40 Å². The fourth-order valence-electron chi connectivity index (χ4n) is 3.94. The van der Waals surface area contributed by atoms with E-state index in [0.717, 1.165) is 32.1 Å². The highest BCUT2D eigenvalue weighted by Crippen LogP contribution is 2.38. The van der Waals surface area contributed by atoms with Crippen LogP contribution in [0.3, 0.4) is 0 Å². The first-order valence-electron chi connectivity index (χ1n) is 10.9. The van der Waals surface area contributed by atoms with E-state index < -0.39 is 10.0 Å². The molecule has 0 fully saturated rings. The van der Waals surface area contributed by atoms with Crippen molar-refractivity contribution in [1.82, 2.24) is 4.40 Å². The van der Waals surface area contributed by atoms with E-state index in [1.807, 2.05) is 90.3 Å². The van der Waals surface area contributed by atoms with Crippen LogP contribution >= 0.6 is 23.4 Å². The summed E-state index contributed by atoms with van der Waals surface area (Å²) in [5.41, 5.74) is 3.78. The van der Waals surface area contributed by atoms with E-state index in [-0.39, 0.29) is 4.90 Å². The second kappa shape index (κ2) is 9.74. The summed E-state index contributed by atoms with van der Waals surface area (Å²) in [6, 6.07) is 31.4. The summed E-state index contributed by atoms with van der Waals surface area (Å²) in [7, 11) is -3.94. The normalized spacial score (nSPS) is 12.2. The van der Waals surface area contributed by atoms with Crippen LogP contribution in [0.2, 0.25) is 5.02 Å². The van der Waals surface area contributed by atoms with E-state index >= 15 is 0 Å². The molecular formula is C28H21ClN2O2S2. The van der Waals surface area contributed by atoms with Gasteiger partial charge in [0.05, 0.1) is 16.1 Å². The van der Waals surface area contributed by atoms with E-state index in [2.05, 4.69) is 4.40 Å². The topological polar surface area (TPSA) is 50.9 Å². The van der Waals surface area contributed by atoms with Gasteiger partial charge in [0.1, 0.15) is 5.71 Å². The molecule has 0 saturated heterocycles. The standard InChI is InChI=1S/C28H21ClN2O2S2/c1-20-27(31-19-9-8-14-25(31)28(20)34-23-17-15-22(29)16-18-23)26(21-10-4-2-5-11-21)30-35(32,33)24-12-6-3-7-13-24/h2-19H,1H3/b30-26+. The third-order valence-electron chi connectivity index (χ3n) is 5.59. The number of halogens is 1. The van der Waals surface area contributed by atoms with Crippen molar-refractivity contribution >= 4 is 44.6 Å². The van der Waals surface area contributed by atoms with Crippen molar-refractivity contribution in [3.63, 3.8) is 0 Å². The number of hydrogen-bond acceptors (Lipinski definition) is 3. The molecule has 2 aromatic heterocycles. The van der Waals surface area contributed by atoms with E-state index in [1.165, 1.54) is 0 Å². The zero-order chi connectivity index (χ0) is 24.4. The van der Waals surface area contributed by atoms with E-state index in [9.17, 15) is 8.42 Å². The smallest absolute Gasteiger partial charge is 0.282 e. The Bertz CT molecular complexity index is 1630. The van der Waals surface area contributed by atoms with Gasteiger partial charge in [-0.05, 0) is 61.0 Å². The molecule has 7 heteroatoms. The van der Waals surface area contributed by atoms with Gasteiger partial charge in [0.15, 0.2) is 0 Å². The molecule has 0 atom stereocenters. The van der Waals surface area contributed by atoms with Gasteiger partial charge in [-0.1, -0.05) is 78.0 Å². The second-order valence-electron chi connectivity index (χ2n) is 7.91. The second-order valence-corrected chi connectivity index (χ2v) is 11.0. The first kappa shape index (κ1) is 23.4. The minimum atomic E-state index is -3.94. The molecule has 35 heavy (non-hydrogen) atoms. The zero-order valence-corrected chi connectivity index (χ0v) is 21.2. The van der Waals surface area contributed by atoms with Crippen LogP contribution < -0.4 is 0 Å². The predicted molar refractivity (Wildman–Crippen MR) is 143 cm³/mol. The van der Waals surface area contributed by atoms with Crippen LogP contribution in [0.25, 0.3) is 5.52 Å². The van der Waals surface area contributed by atoms with E-state index in [0.29, 0.717) is 10.7 Å². The fourth-order valence-corrected chi connectivity index (χ4v) is 6.13. The summed E-state index contributed by atoms with van der Waals surface area (Å²) in [5.74, 6) is 0. The molecule has 174 valence electrons. The Morgan fingerprint density at radius 1 is 0.829 bits per heavy atom. The number of aromatic nitrogens is 1. The average Bonchev–Trinajstić information content (AvgIpc) is 3.16. The molecule has 0 aliphatic carbocycles. The van der Waals surface area contributed by atoms with Gasteiger partial charge >= 0.3 is 0 Å². The molecule has 0 saturated carbocycles. The Morgan fingerprint density at radius 3 is 2.14 bits per heavy atom. The van der Waals surface area contributed by atoms with Crippen molar-refractivity contribution < 1.29 is 8.42 Å². The number of benzene rings is 3. The summed E-state index contributed by atoms with van der Waals surface area (Å²) in [6.45, 7) is 2.01. The maximum Gasteiger partial charge on any atom is 0.282 e. The van der Waals surface area contributed by atoms with Gasteiger partial charge in [0.2, 0.25) is 0 Å². The third-order valence-corrected chi connectivity index (χ3v) is 8.36. The lowest BCUT2D eigenvalue weighted by molar-refractivity contribution is 0.598. The highest BCUT2D eigenvalue weighted by Gasteiger charge is 2.24. The van der Waals surface area contributed by atoms with Gasteiger partial charge in [-0.2, -0.15) is 12.8 Å². The highest BCUT2D eigenvalue weighted by molar-refractivity contribution is 7.99.